The number of piperidine rings is 1. The highest BCUT2D eigenvalue weighted by Gasteiger charge is 2.23. The van der Waals surface area contributed by atoms with Gasteiger partial charge in [0.15, 0.2) is 11.5 Å². The van der Waals surface area contributed by atoms with Crippen molar-refractivity contribution >= 4 is 0 Å². The number of ether oxygens (including phenoxy) is 2. The predicted molar refractivity (Wildman–Crippen MR) is 97.2 cm³/mol. The molecule has 1 fully saturated rings. The van der Waals surface area contributed by atoms with Gasteiger partial charge < -0.3 is 14.0 Å². The van der Waals surface area contributed by atoms with Crippen LogP contribution in [0.4, 0.5) is 0 Å². The maximum absolute atomic E-state index is 8.99. The van der Waals surface area contributed by atoms with E-state index < -0.39 is 0 Å². The SMILES string of the molecule is COc1cc(C#N)ccc1OCC1CCCN(Cc2c(C)noc2C)C1. The largest absolute Gasteiger partial charge is 0.493 e. The topological polar surface area (TPSA) is 71.5 Å². The second kappa shape index (κ2) is 8.24. The monoisotopic (exact) mass is 355 g/mol. The highest BCUT2D eigenvalue weighted by molar-refractivity contribution is 5.46. The molecule has 1 aromatic carbocycles. The van der Waals surface area contributed by atoms with Gasteiger partial charge in [0.25, 0.3) is 0 Å². The van der Waals surface area contributed by atoms with E-state index in [-0.39, 0.29) is 0 Å². The number of rotatable bonds is 6. The minimum Gasteiger partial charge on any atom is -0.493 e. The summed E-state index contributed by atoms with van der Waals surface area (Å²) < 4.78 is 16.6. The standard InChI is InChI=1S/C20H25N3O3/c1-14-18(15(2)26-22-14)12-23-8-4-5-17(11-23)13-25-19-7-6-16(10-21)9-20(19)24-3/h6-7,9,17H,4-5,8,11-13H2,1-3H3. The van der Waals surface area contributed by atoms with E-state index >= 15 is 0 Å². The number of nitriles is 1. The smallest absolute Gasteiger partial charge is 0.162 e. The lowest BCUT2D eigenvalue weighted by Crippen LogP contribution is -2.37. The number of benzene rings is 1. The predicted octanol–water partition coefficient (Wildman–Crippen LogP) is 3.46. The van der Waals surface area contributed by atoms with E-state index in [1.54, 1.807) is 19.2 Å². The molecule has 6 nitrogen and oxygen atoms in total. The Labute approximate surface area is 154 Å². The number of likely N-dealkylation sites (tertiary alicyclic amines) is 1. The van der Waals surface area contributed by atoms with Gasteiger partial charge in [-0.15, -0.1) is 0 Å². The van der Waals surface area contributed by atoms with Gasteiger partial charge in [-0.25, -0.2) is 0 Å². The molecule has 0 bridgehead atoms. The van der Waals surface area contributed by atoms with Crippen molar-refractivity contribution in [1.29, 1.82) is 5.26 Å². The Morgan fingerprint density at radius 2 is 2.19 bits per heavy atom. The second-order valence-corrected chi connectivity index (χ2v) is 6.83. The van der Waals surface area contributed by atoms with Gasteiger partial charge >= 0.3 is 0 Å². The summed E-state index contributed by atoms with van der Waals surface area (Å²) in [5.74, 6) is 2.66. The molecular formula is C20H25N3O3. The van der Waals surface area contributed by atoms with Crippen molar-refractivity contribution in [3.05, 3.63) is 40.8 Å². The summed E-state index contributed by atoms with van der Waals surface area (Å²) in [5, 5.41) is 13.0. The summed E-state index contributed by atoms with van der Waals surface area (Å²) in [6.07, 6.45) is 2.30. The summed E-state index contributed by atoms with van der Waals surface area (Å²) >= 11 is 0. The molecule has 0 N–H and O–H groups in total. The zero-order valence-corrected chi connectivity index (χ0v) is 15.6. The van der Waals surface area contributed by atoms with Crippen molar-refractivity contribution in [2.45, 2.75) is 33.2 Å². The van der Waals surface area contributed by atoms with Crippen LogP contribution in [0.15, 0.2) is 22.7 Å². The van der Waals surface area contributed by atoms with E-state index in [4.69, 9.17) is 19.3 Å². The van der Waals surface area contributed by atoms with Gasteiger partial charge in [0.05, 0.1) is 31.0 Å². The fourth-order valence-corrected chi connectivity index (χ4v) is 3.45. The number of methoxy groups -OCH3 is 1. The fourth-order valence-electron chi connectivity index (χ4n) is 3.45. The highest BCUT2D eigenvalue weighted by Crippen LogP contribution is 2.29. The van der Waals surface area contributed by atoms with Gasteiger partial charge in [0, 0.05) is 30.6 Å². The average molecular weight is 355 g/mol. The number of hydrogen-bond acceptors (Lipinski definition) is 6. The maximum atomic E-state index is 8.99. The molecule has 2 aromatic rings. The van der Waals surface area contributed by atoms with Crippen LogP contribution in [0.3, 0.4) is 0 Å². The Kier molecular flexibility index (Phi) is 5.79. The molecule has 138 valence electrons. The van der Waals surface area contributed by atoms with E-state index in [1.165, 1.54) is 5.56 Å². The van der Waals surface area contributed by atoms with Crippen LogP contribution in [-0.4, -0.2) is 36.9 Å². The second-order valence-electron chi connectivity index (χ2n) is 6.83. The van der Waals surface area contributed by atoms with Crippen LogP contribution in [0.5, 0.6) is 11.5 Å². The molecule has 3 rings (SSSR count). The zero-order chi connectivity index (χ0) is 18.5. The van der Waals surface area contributed by atoms with Crippen LogP contribution in [0, 0.1) is 31.1 Å². The fraction of sp³-hybridized carbons (Fsp3) is 0.500. The molecule has 0 saturated carbocycles. The Hall–Kier alpha value is -2.52. The number of aryl methyl sites for hydroxylation is 2. The Bertz CT molecular complexity index is 775. The molecule has 6 heteroatoms. The lowest BCUT2D eigenvalue weighted by molar-refractivity contribution is 0.123. The molecule has 26 heavy (non-hydrogen) atoms. The number of aromatic nitrogens is 1. The van der Waals surface area contributed by atoms with E-state index in [2.05, 4.69) is 16.1 Å². The third kappa shape index (κ3) is 4.17. The summed E-state index contributed by atoms with van der Waals surface area (Å²) in [6, 6.07) is 7.38. The summed E-state index contributed by atoms with van der Waals surface area (Å²) in [4.78, 5) is 2.44. The maximum Gasteiger partial charge on any atom is 0.162 e. The third-order valence-corrected chi connectivity index (χ3v) is 4.93. The normalized spacial score (nSPS) is 17.7. The van der Waals surface area contributed by atoms with Crippen molar-refractivity contribution in [3.63, 3.8) is 0 Å². The minimum absolute atomic E-state index is 0.463. The minimum atomic E-state index is 0.463. The van der Waals surface area contributed by atoms with Gasteiger partial charge in [-0.2, -0.15) is 5.26 Å². The van der Waals surface area contributed by atoms with Crippen LogP contribution in [0.2, 0.25) is 0 Å². The molecule has 1 aliphatic rings. The molecule has 0 aliphatic carbocycles. The molecule has 0 radical (unpaired) electrons. The van der Waals surface area contributed by atoms with Gasteiger partial charge in [-0.05, 0) is 45.4 Å². The van der Waals surface area contributed by atoms with Crippen LogP contribution in [0.25, 0.3) is 0 Å². The lowest BCUT2D eigenvalue weighted by atomic mass is 9.98. The van der Waals surface area contributed by atoms with E-state index in [1.807, 2.05) is 19.9 Å². The summed E-state index contributed by atoms with van der Waals surface area (Å²) in [7, 11) is 1.59. The number of hydrogen-bond donors (Lipinski definition) is 0. The molecule has 1 aromatic heterocycles. The molecule has 1 aliphatic heterocycles. The Balaban J connectivity index is 1.58. The van der Waals surface area contributed by atoms with Crippen LogP contribution in [0.1, 0.15) is 35.4 Å². The van der Waals surface area contributed by atoms with Crippen molar-refractivity contribution < 1.29 is 14.0 Å². The quantitative estimate of drug-likeness (QED) is 0.790. The highest BCUT2D eigenvalue weighted by atomic mass is 16.5. The Morgan fingerprint density at radius 3 is 2.88 bits per heavy atom. The number of nitrogens with zero attached hydrogens (tertiary/aromatic N) is 3. The van der Waals surface area contributed by atoms with E-state index in [0.717, 1.165) is 43.9 Å². The molecule has 2 heterocycles. The van der Waals surface area contributed by atoms with Crippen molar-refractivity contribution in [2.24, 2.45) is 5.92 Å². The molecule has 0 amide bonds. The van der Waals surface area contributed by atoms with Crippen molar-refractivity contribution in [2.75, 3.05) is 26.8 Å². The van der Waals surface area contributed by atoms with Crippen LogP contribution in [-0.2, 0) is 6.54 Å². The molecule has 0 spiro atoms. The molecule has 1 atom stereocenters. The molecule has 1 unspecified atom stereocenters. The van der Waals surface area contributed by atoms with Gasteiger partial charge in [0.1, 0.15) is 5.76 Å². The first-order chi connectivity index (χ1) is 12.6. The first-order valence-corrected chi connectivity index (χ1v) is 8.95. The van der Waals surface area contributed by atoms with E-state index in [0.29, 0.717) is 29.6 Å². The summed E-state index contributed by atoms with van der Waals surface area (Å²) in [6.45, 7) is 7.55. The van der Waals surface area contributed by atoms with Gasteiger partial charge in [-0.1, -0.05) is 5.16 Å². The lowest BCUT2D eigenvalue weighted by Gasteiger charge is -2.32. The van der Waals surface area contributed by atoms with Crippen LogP contribution >= 0.6 is 0 Å². The molecule has 1 saturated heterocycles. The zero-order valence-electron chi connectivity index (χ0n) is 15.6. The van der Waals surface area contributed by atoms with Gasteiger partial charge in [-0.3, -0.25) is 4.90 Å². The van der Waals surface area contributed by atoms with Crippen molar-refractivity contribution in [3.8, 4) is 17.6 Å². The van der Waals surface area contributed by atoms with E-state index in [9.17, 15) is 0 Å². The average Bonchev–Trinajstić information content (AvgIpc) is 2.98. The summed E-state index contributed by atoms with van der Waals surface area (Å²) in [5.41, 5.74) is 2.74. The van der Waals surface area contributed by atoms with Crippen LogP contribution < -0.4 is 9.47 Å². The first kappa shape index (κ1) is 18.3. The Morgan fingerprint density at radius 1 is 1.35 bits per heavy atom. The molecular weight excluding hydrogens is 330 g/mol. The first-order valence-electron chi connectivity index (χ1n) is 8.95. The van der Waals surface area contributed by atoms with Crippen molar-refractivity contribution in [1.82, 2.24) is 10.1 Å². The third-order valence-electron chi connectivity index (χ3n) is 4.93. The van der Waals surface area contributed by atoms with Gasteiger partial charge in [0.2, 0.25) is 0 Å².